The highest BCUT2D eigenvalue weighted by Gasteiger charge is 2.31. The van der Waals surface area contributed by atoms with Crippen LogP contribution in [0.2, 0.25) is 0 Å². The predicted octanol–water partition coefficient (Wildman–Crippen LogP) is 6.38. The van der Waals surface area contributed by atoms with E-state index in [1.54, 1.807) is 12.1 Å². The number of hydrogen-bond donors (Lipinski definition) is 1. The van der Waals surface area contributed by atoms with E-state index in [9.17, 15) is 14.3 Å². The fourth-order valence-electron chi connectivity index (χ4n) is 6.53. The van der Waals surface area contributed by atoms with Gasteiger partial charge < -0.3 is 14.9 Å². The number of pyridine rings is 1. The highest BCUT2D eigenvalue weighted by molar-refractivity contribution is 5.87. The van der Waals surface area contributed by atoms with E-state index in [0.717, 1.165) is 96.9 Å². The zero-order valence-electron chi connectivity index (χ0n) is 26.1. The number of benzene rings is 2. The maximum atomic E-state index is 13.6. The van der Waals surface area contributed by atoms with Crippen LogP contribution in [-0.2, 0) is 37.3 Å². The van der Waals surface area contributed by atoms with Crippen molar-refractivity contribution < 1.29 is 14.3 Å². The smallest absolute Gasteiger partial charge is 0.307 e. The molecule has 1 N–H and O–H groups in total. The maximum absolute atomic E-state index is 13.6. The summed E-state index contributed by atoms with van der Waals surface area (Å²) in [6.07, 6.45) is 3.03. The van der Waals surface area contributed by atoms with E-state index in [2.05, 4.69) is 60.8 Å². The van der Waals surface area contributed by atoms with Gasteiger partial charge in [0.1, 0.15) is 5.82 Å². The Morgan fingerprint density at radius 2 is 1.79 bits per heavy atom. The van der Waals surface area contributed by atoms with Crippen LogP contribution in [0.25, 0.3) is 11.1 Å². The molecule has 0 saturated carbocycles. The Morgan fingerprint density at radius 3 is 2.45 bits per heavy atom. The number of aliphatic carboxylic acids is 1. The molecule has 7 heteroatoms. The first kappa shape index (κ1) is 30.2. The second-order valence-electron chi connectivity index (χ2n) is 13.3. The van der Waals surface area contributed by atoms with Crippen LogP contribution in [0.5, 0.6) is 0 Å². The molecule has 0 aliphatic carbocycles. The van der Waals surface area contributed by atoms with Crippen LogP contribution in [0.15, 0.2) is 36.4 Å². The lowest BCUT2D eigenvalue weighted by atomic mass is 9.81. The molecule has 1 aromatic heterocycles. The molecule has 0 amide bonds. The summed E-state index contributed by atoms with van der Waals surface area (Å²) in [7, 11) is 4.11. The molecular formula is C35H45FN4O2. The molecule has 6 nitrogen and oxygen atoms in total. The number of nitrogens with zero attached hydrogens (tertiary/aromatic N) is 4. The van der Waals surface area contributed by atoms with Crippen LogP contribution >= 0.6 is 0 Å². The minimum atomic E-state index is -0.827. The number of carbonyl (C=O) groups is 1. The first-order valence-electron chi connectivity index (χ1n) is 15.1. The molecule has 0 radical (unpaired) electrons. The van der Waals surface area contributed by atoms with Crippen LogP contribution < -0.4 is 4.90 Å². The molecule has 0 atom stereocenters. The minimum absolute atomic E-state index is 0.0357. The van der Waals surface area contributed by atoms with Gasteiger partial charge in [-0.25, -0.2) is 4.39 Å². The van der Waals surface area contributed by atoms with Crippen LogP contribution in [0, 0.1) is 25.1 Å². The molecule has 2 aromatic carbocycles. The van der Waals surface area contributed by atoms with Gasteiger partial charge in [0.2, 0.25) is 0 Å². The van der Waals surface area contributed by atoms with Crippen LogP contribution in [-0.4, -0.2) is 59.6 Å². The molecule has 5 rings (SSSR count). The van der Waals surface area contributed by atoms with Crippen molar-refractivity contribution in [1.82, 2.24) is 14.8 Å². The van der Waals surface area contributed by atoms with Gasteiger partial charge in [0, 0.05) is 56.1 Å². The third kappa shape index (κ3) is 6.68. The number of fused-ring (bicyclic) bond motifs is 1. The van der Waals surface area contributed by atoms with Crippen molar-refractivity contribution in [2.75, 3.05) is 38.6 Å². The SMILES string of the molecule is Cc1cc(F)ccc1CN1CCc2cc(-c3c(CN(C)C)nc(C)c(CC(=O)O)c3N3CCC(C)(C)CC3)ccc2C1. The van der Waals surface area contributed by atoms with Crippen LogP contribution in [0.3, 0.4) is 0 Å². The van der Waals surface area contributed by atoms with Gasteiger partial charge in [0.25, 0.3) is 0 Å². The van der Waals surface area contributed by atoms with Crippen molar-refractivity contribution in [1.29, 1.82) is 0 Å². The topological polar surface area (TPSA) is 59.9 Å². The largest absolute Gasteiger partial charge is 0.481 e. The Morgan fingerprint density at radius 1 is 1.05 bits per heavy atom. The lowest BCUT2D eigenvalue weighted by Gasteiger charge is -2.40. The van der Waals surface area contributed by atoms with E-state index in [0.29, 0.717) is 6.54 Å². The van der Waals surface area contributed by atoms with Gasteiger partial charge >= 0.3 is 5.97 Å². The number of carboxylic acid groups (broad SMARTS) is 1. The van der Waals surface area contributed by atoms with Gasteiger partial charge in [-0.05, 0) is 92.6 Å². The fourth-order valence-corrected chi connectivity index (χ4v) is 6.53. The Balaban J connectivity index is 1.55. The quantitative estimate of drug-likeness (QED) is 0.338. The fraction of sp³-hybridized carbons (Fsp3) is 0.486. The van der Waals surface area contributed by atoms with E-state index < -0.39 is 5.97 Å². The normalized spacial score (nSPS) is 17.0. The van der Waals surface area contributed by atoms with Crippen molar-refractivity contribution >= 4 is 11.7 Å². The number of anilines is 1. The summed E-state index contributed by atoms with van der Waals surface area (Å²) in [5, 5.41) is 9.91. The molecule has 2 aliphatic rings. The number of aromatic nitrogens is 1. The van der Waals surface area contributed by atoms with Crippen molar-refractivity contribution in [3.8, 4) is 11.1 Å². The average Bonchev–Trinajstić information content (AvgIpc) is 2.91. The summed E-state index contributed by atoms with van der Waals surface area (Å²) >= 11 is 0. The third-order valence-electron chi connectivity index (χ3n) is 9.06. The average molecular weight is 573 g/mol. The third-order valence-corrected chi connectivity index (χ3v) is 9.06. The Labute approximate surface area is 250 Å². The van der Waals surface area contributed by atoms with E-state index in [4.69, 9.17) is 4.98 Å². The molecule has 2 aliphatic heterocycles. The second kappa shape index (κ2) is 12.1. The van der Waals surface area contributed by atoms with Crippen molar-refractivity contribution in [2.45, 2.75) is 73.0 Å². The molecule has 0 spiro atoms. The van der Waals surface area contributed by atoms with Gasteiger partial charge in [-0.3, -0.25) is 14.7 Å². The zero-order chi connectivity index (χ0) is 30.2. The van der Waals surface area contributed by atoms with Crippen LogP contribution in [0.4, 0.5) is 10.1 Å². The Hall–Kier alpha value is -3.29. The molecule has 0 unspecified atom stereocenters. The highest BCUT2D eigenvalue weighted by Crippen LogP contribution is 2.42. The van der Waals surface area contributed by atoms with E-state index >= 15 is 0 Å². The molecule has 1 saturated heterocycles. The first-order chi connectivity index (χ1) is 19.9. The number of carboxylic acids is 1. The molecule has 224 valence electrons. The van der Waals surface area contributed by atoms with Gasteiger partial charge in [0.15, 0.2) is 0 Å². The lowest BCUT2D eigenvalue weighted by Crippen LogP contribution is -2.38. The molecule has 42 heavy (non-hydrogen) atoms. The maximum Gasteiger partial charge on any atom is 0.307 e. The van der Waals surface area contributed by atoms with Gasteiger partial charge in [-0.2, -0.15) is 0 Å². The summed E-state index contributed by atoms with van der Waals surface area (Å²) in [5.74, 6) is -1.02. The van der Waals surface area contributed by atoms with Gasteiger partial charge in [-0.1, -0.05) is 38.1 Å². The van der Waals surface area contributed by atoms with Crippen molar-refractivity contribution in [3.05, 3.63) is 81.4 Å². The van der Waals surface area contributed by atoms with E-state index in [1.807, 2.05) is 19.9 Å². The predicted molar refractivity (Wildman–Crippen MR) is 167 cm³/mol. The number of rotatable bonds is 8. The molecule has 3 heterocycles. The highest BCUT2D eigenvalue weighted by atomic mass is 19.1. The minimum Gasteiger partial charge on any atom is -0.481 e. The summed E-state index contributed by atoms with van der Waals surface area (Å²) in [6, 6.07) is 11.8. The van der Waals surface area contributed by atoms with Gasteiger partial charge in [0.05, 0.1) is 17.8 Å². The Kier molecular flexibility index (Phi) is 8.72. The van der Waals surface area contributed by atoms with Gasteiger partial charge in [-0.15, -0.1) is 0 Å². The van der Waals surface area contributed by atoms with E-state index in [-0.39, 0.29) is 17.7 Å². The standard InChI is InChI=1S/C35H45FN4O2/c1-23-17-29(36)10-9-27(23)20-39-14-11-25-18-26(7-8-28(25)21-39)33-31(22-38(5)6)37-24(2)30(19-32(41)42)34(33)40-15-12-35(3,4)13-16-40/h7-10,17-18H,11-16,19-22H2,1-6H3,(H,41,42). The second-order valence-corrected chi connectivity index (χ2v) is 13.3. The molecule has 0 bridgehead atoms. The number of piperidine rings is 1. The summed E-state index contributed by atoms with van der Waals surface area (Å²) in [4.78, 5) is 24.1. The zero-order valence-corrected chi connectivity index (χ0v) is 26.1. The summed E-state index contributed by atoms with van der Waals surface area (Å²) in [5.41, 5.74) is 11.0. The van der Waals surface area contributed by atoms with Crippen LogP contribution in [0.1, 0.15) is 65.9 Å². The lowest BCUT2D eigenvalue weighted by molar-refractivity contribution is -0.136. The first-order valence-corrected chi connectivity index (χ1v) is 15.1. The van der Waals surface area contributed by atoms with Crippen molar-refractivity contribution in [3.63, 3.8) is 0 Å². The summed E-state index contributed by atoms with van der Waals surface area (Å²) < 4.78 is 13.6. The van der Waals surface area contributed by atoms with Crippen molar-refractivity contribution in [2.24, 2.45) is 5.41 Å². The monoisotopic (exact) mass is 572 g/mol. The number of hydrogen-bond acceptors (Lipinski definition) is 5. The number of aryl methyl sites for hydroxylation is 2. The number of halogens is 1. The van der Waals surface area contributed by atoms with E-state index in [1.165, 1.54) is 11.1 Å². The summed E-state index contributed by atoms with van der Waals surface area (Å²) in [6.45, 7) is 13.6. The molecule has 3 aromatic rings. The molecule has 1 fully saturated rings. The Bertz CT molecular complexity index is 1470. The molecular weight excluding hydrogens is 527 g/mol.